The summed E-state index contributed by atoms with van der Waals surface area (Å²) in [5.41, 5.74) is 3.07. The van der Waals surface area contributed by atoms with Gasteiger partial charge in [-0.25, -0.2) is 4.39 Å². The number of aromatic amines is 1. The lowest BCUT2D eigenvalue weighted by Gasteiger charge is -2.24. The van der Waals surface area contributed by atoms with Crippen LogP contribution in [0.5, 0.6) is 11.5 Å². The van der Waals surface area contributed by atoms with Crippen molar-refractivity contribution in [3.05, 3.63) is 65.6 Å². The molecule has 1 fully saturated rings. The molecule has 1 aromatic heterocycles. The number of nitrogens with zero attached hydrogens (tertiary/aromatic N) is 2. The van der Waals surface area contributed by atoms with E-state index in [-0.39, 0.29) is 24.4 Å². The smallest absolute Gasteiger partial charge is 0.271 e. The van der Waals surface area contributed by atoms with Gasteiger partial charge in [0, 0.05) is 24.6 Å². The van der Waals surface area contributed by atoms with E-state index in [1.807, 2.05) is 35.2 Å². The van der Waals surface area contributed by atoms with Crippen LogP contribution in [0.2, 0.25) is 0 Å². The van der Waals surface area contributed by atoms with Crippen LogP contribution < -0.4 is 9.47 Å². The highest BCUT2D eigenvalue weighted by molar-refractivity contribution is 5.93. The van der Waals surface area contributed by atoms with E-state index in [9.17, 15) is 9.18 Å². The number of amides is 1. The van der Waals surface area contributed by atoms with Gasteiger partial charge in [0.1, 0.15) is 11.5 Å². The van der Waals surface area contributed by atoms with Gasteiger partial charge in [0.25, 0.3) is 5.91 Å². The van der Waals surface area contributed by atoms with Gasteiger partial charge in [-0.1, -0.05) is 18.6 Å². The summed E-state index contributed by atoms with van der Waals surface area (Å²) in [6.07, 6.45) is 2.98. The molecule has 0 spiro atoms. The van der Waals surface area contributed by atoms with Crippen molar-refractivity contribution in [3.8, 4) is 22.8 Å². The minimum atomic E-state index is -0.242. The minimum Gasteiger partial charge on any atom is -0.454 e. The number of nitrogens with one attached hydrogen (secondary N) is 1. The molecule has 1 N–H and O–H groups in total. The van der Waals surface area contributed by atoms with Crippen molar-refractivity contribution >= 4 is 5.91 Å². The standard InChI is InChI=1S/C23H22FN3O3/c24-18-7-4-15(5-8-18)17-3-1-2-10-27(13-17)23(28)20-12-19(25-26-20)16-6-9-21-22(11-16)30-14-29-21/h4-9,11-12,17H,1-3,10,13-14H2,(H,25,26)/t17-/m0/s1. The molecule has 6 nitrogen and oxygen atoms in total. The highest BCUT2D eigenvalue weighted by Crippen LogP contribution is 2.35. The lowest BCUT2D eigenvalue weighted by molar-refractivity contribution is 0.0748. The summed E-state index contributed by atoms with van der Waals surface area (Å²) in [5.74, 6) is 1.28. The Morgan fingerprint density at radius 3 is 2.77 bits per heavy atom. The van der Waals surface area contributed by atoms with Gasteiger partial charge in [0.2, 0.25) is 6.79 Å². The number of carbonyl (C=O) groups is 1. The quantitative estimate of drug-likeness (QED) is 0.701. The number of hydrogen-bond donors (Lipinski definition) is 1. The third-order valence-electron chi connectivity index (χ3n) is 5.78. The first-order valence-corrected chi connectivity index (χ1v) is 10.2. The zero-order valence-corrected chi connectivity index (χ0v) is 16.4. The van der Waals surface area contributed by atoms with Gasteiger partial charge in [-0.05, 0) is 54.8 Å². The van der Waals surface area contributed by atoms with Crippen molar-refractivity contribution in [2.24, 2.45) is 0 Å². The van der Waals surface area contributed by atoms with Gasteiger partial charge in [0.05, 0.1) is 5.69 Å². The van der Waals surface area contributed by atoms with Crippen LogP contribution in [-0.2, 0) is 0 Å². The Balaban J connectivity index is 1.34. The van der Waals surface area contributed by atoms with Crippen molar-refractivity contribution in [2.45, 2.75) is 25.2 Å². The molecule has 7 heteroatoms. The third kappa shape index (κ3) is 3.63. The van der Waals surface area contributed by atoms with Gasteiger partial charge in [-0.2, -0.15) is 5.10 Å². The third-order valence-corrected chi connectivity index (χ3v) is 5.78. The highest BCUT2D eigenvalue weighted by atomic mass is 19.1. The van der Waals surface area contributed by atoms with Crippen LogP contribution in [0.25, 0.3) is 11.3 Å². The summed E-state index contributed by atoms with van der Waals surface area (Å²) in [7, 11) is 0. The van der Waals surface area contributed by atoms with E-state index in [0.717, 1.165) is 30.4 Å². The number of fused-ring (bicyclic) bond motifs is 1. The number of H-pyrrole nitrogens is 1. The molecular formula is C23H22FN3O3. The van der Waals surface area contributed by atoms with Gasteiger partial charge in [-0.15, -0.1) is 0 Å². The van der Waals surface area contributed by atoms with Crippen LogP contribution in [0.3, 0.4) is 0 Å². The number of aromatic nitrogens is 2. The van der Waals surface area contributed by atoms with Gasteiger partial charge in [0.15, 0.2) is 11.5 Å². The zero-order chi connectivity index (χ0) is 20.5. The first-order valence-electron chi connectivity index (χ1n) is 10.2. The average Bonchev–Trinajstić information content (AvgIpc) is 3.37. The first-order chi connectivity index (χ1) is 14.7. The number of ether oxygens (including phenoxy) is 2. The molecule has 2 aliphatic heterocycles. The van der Waals surface area contributed by atoms with E-state index in [2.05, 4.69) is 10.2 Å². The molecule has 2 aliphatic rings. The Bertz CT molecular complexity index is 1060. The average molecular weight is 407 g/mol. The fourth-order valence-corrected chi connectivity index (χ4v) is 4.14. The molecule has 1 atom stereocenters. The summed E-state index contributed by atoms with van der Waals surface area (Å²) in [6, 6.07) is 14.0. The summed E-state index contributed by atoms with van der Waals surface area (Å²) in [4.78, 5) is 15.0. The summed E-state index contributed by atoms with van der Waals surface area (Å²) >= 11 is 0. The maximum absolute atomic E-state index is 13.3. The van der Waals surface area contributed by atoms with E-state index in [1.54, 1.807) is 6.07 Å². The zero-order valence-electron chi connectivity index (χ0n) is 16.4. The number of carbonyl (C=O) groups excluding carboxylic acids is 1. The molecule has 1 saturated heterocycles. The second-order valence-electron chi connectivity index (χ2n) is 7.73. The summed E-state index contributed by atoms with van der Waals surface area (Å²) in [6.45, 7) is 1.53. The van der Waals surface area contributed by atoms with Gasteiger partial charge < -0.3 is 14.4 Å². The highest BCUT2D eigenvalue weighted by Gasteiger charge is 2.25. The summed E-state index contributed by atoms with van der Waals surface area (Å²) < 4.78 is 24.1. The molecule has 0 unspecified atom stereocenters. The lowest BCUT2D eigenvalue weighted by atomic mass is 9.94. The fraction of sp³-hybridized carbons (Fsp3) is 0.304. The normalized spacial score (nSPS) is 18.3. The molecule has 0 saturated carbocycles. The maximum Gasteiger partial charge on any atom is 0.271 e. The molecule has 5 rings (SSSR count). The predicted octanol–water partition coefficient (Wildman–Crippen LogP) is 4.35. The molecule has 3 aromatic rings. The summed E-state index contributed by atoms with van der Waals surface area (Å²) in [5, 5.41) is 7.22. The van der Waals surface area contributed by atoms with Crippen LogP contribution in [0, 0.1) is 5.82 Å². The van der Waals surface area contributed by atoms with Crippen LogP contribution >= 0.6 is 0 Å². The number of benzene rings is 2. The first kappa shape index (κ1) is 18.7. The van der Waals surface area contributed by atoms with Crippen LogP contribution in [-0.4, -0.2) is 40.9 Å². The van der Waals surface area contributed by atoms with E-state index in [4.69, 9.17) is 9.47 Å². The number of rotatable bonds is 3. The van der Waals surface area contributed by atoms with Gasteiger partial charge in [-0.3, -0.25) is 9.89 Å². The Hall–Kier alpha value is -3.35. The molecule has 0 radical (unpaired) electrons. The van der Waals surface area contributed by atoms with Crippen molar-refractivity contribution in [3.63, 3.8) is 0 Å². The predicted molar refractivity (Wildman–Crippen MR) is 109 cm³/mol. The van der Waals surface area contributed by atoms with E-state index >= 15 is 0 Å². The van der Waals surface area contributed by atoms with Gasteiger partial charge >= 0.3 is 0 Å². The van der Waals surface area contributed by atoms with E-state index in [1.165, 1.54) is 12.1 Å². The molecule has 3 heterocycles. The molecule has 30 heavy (non-hydrogen) atoms. The lowest BCUT2D eigenvalue weighted by Crippen LogP contribution is -2.34. The van der Waals surface area contributed by atoms with Crippen LogP contribution in [0.4, 0.5) is 4.39 Å². The van der Waals surface area contributed by atoms with Crippen molar-refractivity contribution in [2.75, 3.05) is 19.9 Å². The Labute approximate surface area is 173 Å². The Kier molecular flexibility index (Phi) is 4.86. The number of halogens is 1. The maximum atomic E-state index is 13.3. The van der Waals surface area contributed by atoms with E-state index < -0.39 is 0 Å². The monoisotopic (exact) mass is 407 g/mol. The Morgan fingerprint density at radius 1 is 1.07 bits per heavy atom. The van der Waals surface area contributed by atoms with Crippen molar-refractivity contribution in [1.82, 2.24) is 15.1 Å². The minimum absolute atomic E-state index is 0.0662. The van der Waals surface area contributed by atoms with Crippen molar-refractivity contribution < 1.29 is 18.7 Å². The number of likely N-dealkylation sites (tertiary alicyclic amines) is 1. The topological polar surface area (TPSA) is 67.5 Å². The molecular weight excluding hydrogens is 385 g/mol. The fourth-order valence-electron chi connectivity index (χ4n) is 4.14. The Morgan fingerprint density at radius 2 is 1.90 bits per heavy atom. The molecule has 2 aromatic carbocycles. The van der Waals surface area contributed by atoms with Crippen molar-refractivity contribution in [1.29, 1.82) is 0 Å². The van der Waals surface area contributed by atoms with E-state index in [0.29, 0.717) is 36.0 Å². The molecule has 154 valence electrons. The van der Waals surface area contributed by atoms with Crippen LogP contribution in [0.15, 0.2) is 48.5 Å². The number of hydrogen-bond acceptors (Lipinski definition) is 4. The molecule has 0 aliphatic carbocycles. The SMILES string of the molecule is O=C(c1cc(-c2ccc3c(c2)OCO3)n[nH]1)N1CCCC[C@H](c2ccc(F)cc2)C1. The molecule has 1 amide bonds. The largest absolute Gasteiger partial charge is 0.454 e. The van der Waals surface area contributed by atoms with Crippen LogP contribution in [0.1, 0.15) is 41.2 Å². The second kappa shape index (κ2) is 7.82. The molecule has 0 bridgehead atoms. The second-order valence-corrected chi connectivity index (χ2v) is 7.73.